The second-order valence-electron chi connectivity index (χ2n) is 4.36. The zero-order chi connectivity index (χ0) is 12.8. The summed E-state index contributed by atoms with van der Waals surface area (Å²) in [4.78, 5) is 0. The molecule has 0 amide bonds. The highest BCUT2D eigenvalue weighted by Gasteiger charge is 2.12. The van der Waals surface area contributed by atoms with Crippen LogP contribution in [0.3, 0.4) is 0 Å². The third-order valence-corrected chi connectivity index (χ3v) is 2.95. The van der Waals surface area contributed by atoms with E-state index in [1.165, 1.54) is 12.8 Å². The Morgan fingerprint density at radius 3 is 2.94 bits per heavy atom. The molecule has 0 N–H and O–H groups in total. The van der Waals surface area contributed by atoms with E-state index in [9.17, 15) is 0 Å². The van der Waals surface area contributed by atoms with Gasteiger partial charge in [-0.15, -0.1) is 0 Å². The lowest BCUT2D eigenvalue weighted by Gasteiger charge is -2.17. The smallest absolute Gasteiger partial charge is 0.145 e. The molecule has 0 fully saturated rings. The summed E-state index contributed by atoms with van der Waals surface area (Å²) in [5, 5.41) is 0. The van der Waals surface area contributed by atoms with Crippen LogP contribution >= 0.6 is 0 Å². The minimum Gasteiger partial charge on any atom is -0.497 e. The largest absolute Gasteiger partial charge is 0.497 e. The van der Waals surface area contributed by atoms with Crippen LogP contribution in [0.2, 0.25) is 0 Å². The van der Waals surface area contributed by atoms with Crippen LogP contribution in [-0.2, 0) is 4.74 Å². The molecule has 2 rings (SSSR count). The summed E-state index contributed by atoms with van der Waals surface area (Å²) in [6, 6.07) is 5.91. The van der Waals surface area contributed by atoms with E-state index in [1.54, 1.807) is 7.11 Å². The van der Waals surface area contributed by atoms with Crippen molar-refractivity contribution in [1.29, 1.82) is 0 Å². The molecule has 0 radical (unpaired) electrons. The van der Waals surface area contributed by atoms with E-state index in [2.05, 4.69) is 6.92 Å². The van der Waals surface area contributed by atoms with Crippen molar-refractivity contribution in [2.75, 3.05) is 20.3 Å². The van der Waals surface area contributed by atoms with Gasteiger partial charge < -0.3 is 14.2 Å². The van der Waals surface area contributed by atoms with E-state index >= 15 is 0 Å². The number of benzene rings is 1. The van der Waals surface area contributed by atoms with Gasteiger partial charge in [-0.3, -0.25) is 0 Å². The van der Waals surface area contributed by atoms with E-state index in [0.29, 0.717) is 6.61 Å². The third-order valence-electron chi connectivity index (χ3n) is 2.95. The van der Waals surface area contributed by atoms with Crippen molar-refractivity contribution < 1.29 is 14.2 Å². The first-order valence-corrected chi connectivity index (χ1v) is 6.47. The van der Waals surface area contributed by atoms with Gasteiger partial charge in [-0.05, 0) is 30.7 Å². The summed E-state index contributed by atoms with van der Waals surface area (Å²) < 4.78 is 16.5. The van der Waals surface area contributed by atoms with Gasteiger partial charge in [0.1, 0.15) is 23.9 Å². The number of unbranched alkanes of at least 4 members (excludes halogenated alkanes) is 2. The van der Waals surface area contributed by atoms with Crippen molar-refractivity contribution in [3.63, 3.8) is 0 Å². The van der Waals surface area contributed by atoms with Gasteiger partial charge in [0.05, 0.1) is 13.7 Å². The predicted octanol–water partition coefficient (Wildman–Crippen LogP) is 3.64. The van der Waals surface area contributed by atoms with Crippen molar-refractivity contribution in [1.82, 2.24) is 0 Å². The first-order valence-electron chi connectivity index (χ1n) is 6.47. The zero-order valence-corrected chi connectivity index (χ0v) is 11.1. The fourth-order valence-corrected chi connectivity index (χ4v) is 1.88. The average Bonchev–Trinajstić information content (AvgIpc) is 2.42. The number of rotatable bonds is 6. The van der Waals surface area contributed by atoms with E-state index in [1.807, 2.05) is 24.3 Å². The minimum absolute atomic E-state index is 0.500. The molecule has 0 saturated heterocycles. The van der Waals surface area contributed by atoms with Crippen LogP contribution in [0, 0.1) is 0 Å². The van der Waals surface area contributed by atoms with Gasteiger partial charge in [0.15, 0.2) is 0 Å². The van der Waals surface area contributed by atoms with E-state index in [0.717, 1.165) is 35.8 Å². The summed E-state index contributed by atoms with van der Waals surface area (Å²) in [5.74, 6) is 2.62. The molecule has 0 atom stereocenters. The van der Waals surface area contributed by atoms with Crippen molar-refractivity contribution in [2.45, 2.75) is 26.2 Å². The molecule has 0 bridgehead atoms. The number of hydrogen-bond donors (Lipinski definition) is 0. The van der Waals surface area contributed by atoms with Gasteiger partial charge in [0.2, 0.25) is 0 Å². The lowest BCUT2D eigenvalue weighted by atomic mass is 10.1. The molecule has 1 aromatic carbocycles. The molecule has 3 heteroatoms. The Morgan fingerprint density at radius 2 is 2.17 bits per heavy atom. The highest BCUT2D eigenvalue weighted by Crippen LogP contribution is 2.30. The fraction of sp³-hybridized carbons (Fsp3) is 0.467. The van der Waals surface area contributed by atoms with Gasteiger partial charge in [-0.1, -0.05) is 19.8 Å². The normalized spacial score (nSPS) is 13.3. The van der Waals surface area contributed by atoms with Crippen LogP contribution < -0.4 is 9.47 Å². The molecule has 1 aliphatic heterocycles. The summed E-state index contributed by atoms with van der Waals surface area (Å²) in [6.07, 6.45) is 5.52. The van der Waals surface area contributed by atoms with E-state index in [4.69, 9.17) is 14.2 Å². The van der Waals surface area contributed by atoms with Gasteiger partial charge in [0.25, 0.3) is 0 Å². The molecule has 0 aliphatic carbocycles. The first-order chi connectivity index (χ1) is 8.83. The Kier molecular flexibility index (Phi) is 4.51. The highest BCUT2D eigenvalue weighted by atomic mass is 16.5. The van der Waals surface area contributed by atoms with Gasteiger partial charge in [-0.25, -0.2) is 0 Å². The molecule has 1 heterocycles. The molecule has 3 nitrogen and oxygen atoms in total. The quantitative estimate of drug-likeness (QED) is 0.719. The molecule has 0 spiro atoms. The predicted molar refractivity (Wildman–Crippen MR) is 71.9 cm³/mol. The molecular weight excluding hydrogens is 228 g/mol. The second-order valence-corrected chi connectivity index (χ2v) is 4.36. The Morgan fingerprint density at radius 1 is 1.28 bits per heavy atom. The van der Waals surface area contributed by atoms with Crippen LogP contribution in [0.25, 0.3) is 6.08 Å². The average molecular weight is 248 g/mol. The Bertz CT molecular complexity index is 424. The van der Waals surface area contributed by atoms with Crippen molar-refractivity contribution in [3.8, 4) is 11.5 Å². The van der Waals surface area contributed by atoms with Crippen LogP contribution in [0.5, 0.6) is 11.5 Å². The van der Waals surface area contributed by atoms with Gasteiger partial charge in [-0.2, -0.15) is 0 Å². The van der Waals surface area contributed by atoms with Crippen LogP contribution in [-0.4, -0.2) is 20.3 Å². The molecule has 98 valence electrons. The van der Waals surface area contributed by atoms with Crippen LogP contribution in [0.1, 0.15) is 31.7 Å². The van der Waals surface area contributed by atoms with E-state index < -0.39 is 0 Å². The topological polar surface area (TPSA) is 27.7 Å². The maximum atomic E-state index is 5.72. The van der Waals surface area contributed by atoms with Crippen LogP contribution in [0.15, 0.2) is 24.0 Å². The molecule has 18 heavy (non-hydrogen) atoms. The molecule has 1 aliphatic rings. The number of fused-ring (bicyclic) bond motifs is 1. The molecule has 0 saturated carbocycles. The molecule has 1 aromatic rings. The summed E-state index contributed by atoms with van der Waals surface area (Å²) >= 11 is 0. The van der Waals surface area contributed by atoms with Crippen molar-refractivity contribution >= 4 is 6.08 Å². The van der Waals surface area contributed by atoms with Gasteiger partial charge >= 0.3 is 0 Å². The second kappa shape index (κ2) is 6.34. The zero-order valence-electron chi connectivity index (χ0n) is 11.1. The lowest BCUT2D eigenvalue weighted by Crippen LogP contribution is -2.08. The Balaban J connectivity index is 2.01. The standard InChI is InChI=1S/C15H20O3/c1-3-4-5-8-17-13-6-7-15-12(9-13)10-14(16-2)11-18-15/h6-7,9-10H,3-5,8,11H2,1-2H3. The maximum Gasteiger partial charge on any atom is 0.145 e. The SMILES string of the molecule is CCCCCOc1ccc2c(c1)C=C(OC)CO2. The minimum atomic E-state index is 0.500. The summed E-state index contributed by atoms with van der Waals surface area (Å²) in [5.41, 5.74) is 1.02. The lowest BCUT2D eigenvalue weighted by molar-refractivity contribution is 0.217. The van der Waals surface area contributed by atoms with Crippen molar-refractivity contribution in [2.24, 2.45) is 0 Å². The maximum absolute atomic E-state index is 5.72. The number of hydrogen-bond acceptors (Lipinski definition) is 3. The Labute approximate surface area is 108 Å². The molecule has 0 unspecified atom stereocenters. The fourth-order valence-electron chi connectivity index (χ4n) is 1.88. The van der Waals surface area contributed by atoms with Crippen LogP contribution in [0.4, 0.5) is 0 Å². The number of ether oxygens (including phenoxy) is 3. The first kappa shape index (κ1) is 12.8. The van der Waals surface area contributed by atoms with Gasteiger partial charge in [0, 0.05) is 5.56 Å². The highest BCUT2D eigenvalue weighted by molar-refractivity contribution is 5.62. The third kappa shape index (κ3) is 3.19. The number of methoxy groups -OCH3 is 1. The Hall–Kier alpha value is -1.64. The van der Waals surface area contributed by atoms with E-state index in [-0.39, 0.29) is 0 Å². The monoisotopic (exact) mass is 248 g/mol. The summed E-state index contributed by atoms with van der Waals surface area (Å²) in [7, 11) is 1.66. The molecular formula is C15H20O3. The van der Waals surface area contributed by atoms with Crippen molar-refractivity contribution in [3.05, 3.63) is 29.5 Å². The summed E-state index contributed by atoms with van der Waals surface area (Å²) in [6.45, 7) is 3.46. The molecule has 0 aromatic heterocycles.